The highest BCUT2D eigenvalue weighted by molar-refractivity contribution is 5.24. The second-order valence-corrected chi connectivity index (χ2v) is 5.78. The van der Waals surface area contributed by atoms with Gasteiger partial charge in [-0.25, -0.2) is 0 Å². The molecule has 4 nitrogen and oxygen atoms in total. The highest BCUT2D eigenvalue weighted by Crippen LogP contribution is 2.20. The molecule has 0 aromatic heterocycles. The topological polar surface area (TPSA) is 40.2 Å². The number of hydrogen-bond acceptors (Lipinski definition) is 4. The molecule has 0 bridgehead atoms. The Morgan fingerprint density at radius 2 is 1.86 bits per heavy atom. The first-order chi connectivity index (χ1) is 10.6. The van der Waals surface area contributed by atoms with E-state index in [0.29, 0.717) is 25.9 Å². The maximum Gasteiger partial charge on any atom is 0.169 e. The fraction of sp³-hybridized carbons (Fsp3) is 0.667. The van der Waals surface area contributed by atoms with Crippen LogP contribution in [-0.4, -0.2) is 44.9 Å². The third-order valence-corrected chi connectivity index (χ3v) is 3.66. The van der Waals surface area contributed by atoms with Crippen LogP contribution in [0.2, 0.25) is 0 Å². The summed E-state index contributed by atoms with van der Waals surface area (Å²) in [7, 11) is 0. The molecule has 1 fully saturated rings. The summed E-state index contributed by atoms with van der Waals surface area (Å²) < 4.78 is 22.3. The fourth-order valence-corrected chi connectivity index (χ4v) is 2.59. The first-order valence-electron chi connectivity index (χ1n) is 8.20. The molecule has 124 valence electrons. The molecular weight excluding hydrogens is 280 g/mol. The molecule has 0 saturated carbocycles. The Kier molecular flexibility index (Phi) is 6.83. The highest BCUT2D eigenvalue weighted by Gasteiger charge is 2.25. The van der Waals surface area contributed by atoms with E-state index in [0.717, 1.165) is 26.1 Å². The van der Waals surface area contributed by atoms with Gasteiger partial charge in [0.25, 0.3) is 0 Å². The van der Waals surface area contributed by atoms with Crippen LogP contribution in [0.25, 0.3) is 0 Å². The van der Waals surface area contributed by atoms with Crippen LogP contribution in [0.1, 0.15) is 31.9 Å². The van der Waals surface area contributed by atoms with E-state index in [1.54, 1.807) is 0 Å². The van der Waals surface area contributed by atoms with Gasteiger partial charge in [0.15, 0.2) is 5.79 Å². The zero-order valence-electron chi connectivity index (χ0n) is 14.0. The Balaban J connectivity index is 1.85. The Hall–Kier alpha value is -0.940. The molecule has 1 saturated heterocycles. The molecule has 1 heterocycles. The van der Waals surface area contributed by atoms with E-state index in [4.69, 9.17) is 18.9 Å². The summed E-state index contributed by atoms with van der Waals surface area (Å²) in [6.07, 6.45) is 2.00. The van der Waals surface area contributed by atoms with E-state index in [9.17, 15) is 0 Å². The van der Waals surface area contributed by atoms with Gasteiger partial charge < -0.3 is 18.9 Å². The largest absolute Gasteiger partial charge is 0.378 e. The van der Waals surface area contributed by atoms with Crippen LogP contribution in [0.15, 0.2) is 24.3 Å². The lowest BCUT2D eigenvalue weighted by Gasteiger charge is -2.29. The molecule has 0 radical (unpaired) electrons. The standard InChI is InChI=1S/C18H28O4/c1-4-21-18(3,22-5-2)12-16-8-6-7-15(11-16)9-10-19-13-17-14-20-17/h6-8,11,17H,4-5,9-10,12-14H2,1-3H3. The summed E-state index contributed by atoms with van der Waals surface area (Å²) >= 11 is 0. The van der Waals surface area contributed by atoms with Gasteiger partial charge in [-0.15, -0.1) is 0 Å². The molecule has 22 heavy (non-hydrogen) atoms. The van der Waals surface area contributed by atoms with Gasteiger partial charge in [-0.3, -0.25) is 0 Å². The second-order valence-electron chi connectivity index (χ2n) is 5.78. The first kappa shape index (κ1) is 17.4. The van der Waals surface area contributed by atoms with Crippen LogP contribution in [0, 0.1) is 0 Å². The van der Waals surface area contributed by atoms with E-state index >= 15 is 0 Å². The zero-order valence-corrected chi connectivity index (χ0v) is 14.0. The summed E-state index contributed by atoms with van der Waals surface area (Å²) in [6, 6.07) is 8.57. The van der Waals surface area contributed by atoms with Crippen molar-refractivity contribution in [1.82, 2.24) is 0 Å². The van der Waals surface area contributed by atoms with Crippen LogP contribution in [0.3, 0.4) is 0 Å². The molecule has 0 spiro atoms. The van der Waals surface area contributed by atoms with Crippen molar-refractivity contribution in [3.8, 4) is 0 Å². The molecule has 1 aromatic carbocycles. The van der Waals surface area contributed by atoms with Gasteiger partial charge in [0, 0.05) is 19.6 Å². The highest BCUT2D eigenvalue weighted by atomic mass is 16.7. The second kappa shape index (κ2) is 8.63. The zero-order chi connectivity index (χ0) is 15.8. The Morgan fingerprint density at radius 3 is 2.50 bits per heavy atom. The van der Waals surface area contributed by atoms with Gasteiger partial charge in [-0.05, 0) is 38.3 Å². The maximum atomic E-state index is 5.78. The molecule has 0 amide bonds. The van der Waals surface area contributed by atoms with Crippen LogP contribution in [-0.2, 0) is 31.8 Å². The third-order valence-electron chi connectivity index (χ3n) is 3.66. The van der Waals surface area contributed by atoms with Gasteiger partial charge in [0.2, 0.25) is 0 Å². The summed E-state index contributed by atoms with van der Waals surface area (Å²) in [5.74, 6) is -0.554. The lowest BCUT2D eigenvalue weighted by molar-refractivity contribution is -0.219. The summed E-state index contributed by atoms with van der Waals surface area (Å²) in [4.78, 5) is 0. The molecule has 1 unspecified atom stereocenters. The number of benzene rings is 1. The minimum atomic E-state index is -0.554. The fourth-order valence-electron chi connectivity index (χ4n) is 2.59. The summed E-state index contributed by atoms with van der Waals surface area (Å²) in [5.41, 5.74) is 2.51. The Morgan fingerprint density at radius 1 is 1.18 bits per heavy atom. The molecule has 4 heteroatoms. The van der Waals surface area contributed by atoms with Gasteiger partial charge in [-0.2, -0.15) is 0 Å². The predicted octanol–water partition coefficient (Wildman–Crippen LogP) is 2.98. The van der Waals surface area contributed by atoms with Crippen molar-refractivity contribution in [3.63, 3.8) is 0 Å². The number of ether oxygens (including phenoxy) is 4. The van der Waals surface area contributed by atoms with E-state index in [-0.39, 0.29) is 0 Å². The SMILES string of the molecule is CCOC(C)(Cc1cccc(CCOCC2CO2)c1)OCC. The molecule has 0 N–H and O–H groups in total. The first-order valence-corrected chi connectivity index (χ1v) is 8.20. The Bertz CT molecular complexity index is 436. The van der Waals surface area contributed by atoms with Crippen molar-refractivity contribution in [2.45, 2.75) is 45.5 Å². The van der Waals surface area contributed by atoms with Gasteiger partial charge in [0.1, 0.15) is 6.10 Å². The summed E-state index contributed by atoms with van der Waals surface area (Å²) in [5, 5.41) is 0. The van der Waals surface area contributed by atoms with Crippen LogP contribution in [0.5, 0.6) is 0 Å². The van der Waals surface area contributed by atoms with Crippen LogP contribution >= 0.6 is 0 Å². The average Bonchev–Trinajstić information content (AvgIpc) is 3.28. The van der Waals surface area contributed by atoms with Crippen molar-refractivity contribution in [3.05, 3.63) is 35.4 Å². The minimum Gasteiger partial charge on any atom is -0.378 e. The number of hydrogen-bond donors (Lipinski definition) is 0. The van der Waals surface area contributed by atoms with E-state index < -0.39 is 5.79 Å². The minimum absolute atomic E-state index is 0.337. The van der Waals surface area contributed by atoms with Crippen molar-refractivity contribution in [2.75, 3.05) is 33.0 Å². The smallest absolute Gasteiger partial charge is 0.169 e. The molecule has 1 aromatic rings. The van der Waals surface area contributed by atoms with Crippen molar-refractivity contribution < 1.29 is 18.9 Å². The molecule has 2 rings (SSSR count). The third kappa shape index (κ3) is 6.05. The predicted molar refractivity (Wildman–Crippen MR) is 86.1 cm³/mol. The van der Waals surface area contributed by atoms with Crippen LogP contribution in [0.4, 0.5) is 0 Å². The molecule has 1 aliphatic heterocycles. The van der Waals surface area contributed by atoms with Crippen molar-refractivity contribution in [1.29, 1.82) is 0 Å². The lowest BCUT2D eigenvalue weighted by Crippen LogP contribution is -2.35. The lowest BCUT2D eigenvalue weighted by atomic mass is 10.0. The molecular formula is C18H28O4. The van der Waals surface area contributed by atoms with Gasteiger partial charge in [-0.1, -0.05) is 24.3 Å². The van der Waals surface area contributed by atoms with Gasteiger partial charge >= 0.3 is 0 Å². The van der Waals surface area contributed by atoms with Crippen molar-refractivity contribution >= 4 is 0 Å². The summed E-state index contributed by atoms with van der Waals surface area (Å²) in [6.45, 7) is 9.59. The quantitative estimate of drug-likeness (QED) is 0.358. The molecule has 0 aliphatic carbocycles. The maximum absolute atomic E-state index is 5.78. The van der Waals surface area contributed by atoms with E-state index in [1.165, 1.54) is 11.1 Å². The van der Waals surface area contributed by atoms with Crippen molar-refractivity contribution in [2.24, 2.45) is 0 Å². The van der Waals surface area contributed by atoms with Crippen LogP contribution < -0.4 is 0 Å². The Labute approximate surface area is 133 Å². The average molecular weight is 308 g/mol. The number of epoxide rings is 1. The monoisotopic (exact) mass is 308 g/mol. The van der Waals surface area contributed by atoms with E-state index in [2.05, 4.69) is 24.3 Å². The van der Waals surface area contributed by atoms with Gasteiger partial charge in [0.05, 0.1) is 19.8 Å². The molecule has 1 atom stereocenters. The van der Waals surface area contributed by atoms with E-state index in [1.807, 2.05) is 20.8 Å². The normalized spacial score (nSPS) is 17.7. The molecule has 1 aliphatic rings. The number of rotatable bonds is 11.